The summed E-state index contributed by atoms with van der Waals surface area (Å²) < 4.78 is 10.9. The number of likely N-dealkylation sites (tertiary alicyclic amines) is 1. The largest absolute Gasteiger partial charge is 0.497 e. The molecule has 1 aromatic rings. The van der Waals surface area contributed by atoms with Crippen molar-refractivity contribution in [3.05, 3.63) is 23.8 Å². The summed E-state index contributed by atoms with van der Waals surface area (Å²) >= 11 is 0. The number of aliphatic hydroxyl groups is 1. The number of aliphatic hydroxyl groups excluding tert-OH is 1. The third-order valence-electron chi connectivity index (χ3n) is 6.37. The highest BCUT2D eigenvalue weighted by Gasteiger charge is 2.29. The minimum Gasteiger partial charge on any atom is -0.497 e. The number of nitrogens with one attached hydrogen (secondary N) is 1. The molecule has 30 heavy (non-hydrogen) atoms. The molecule has 1 fully saturated rings. The van der Waals surface area contributed by atoms with Crippen molar-refractivity contribution in [3.8, 4) is 11.5 Å². The number of ether oxygens (including phenoxy) is 2. The number of methoxy groups -OCH3 is 2. The standard InChI is InChI=1S/C23H39N3O3.HI/c1-6-23(7-2,10-12-27)17-25-22(24-8-3)26-11-9-18(16-26)19-13-20(28-4)15-21(14-19)29-5;/h13-15,18,27H,6-12,16-17H2,1-5H3,(H,24,25);1H. The molecule has 0 radical (unpaired) electrons. The molecule has 1 unspecified atom stereocenters. The molecular weight excluding hydrogens is 493 g/mol. The van der Waals surface area contributed by atoms with Crippen LogP contribution in [0.5, 0.6) is 11.5 Å². The van der Waals surface area contributed by atoms with Crippen LogP contribution in [0.2, 0.25) is 0 Å². The van der Waals surface area contributed by atoms with Gasteiger partial charge in [-0.3, -0.25) is 4.99 Å². The van der Waals surface area contributed by atoms with Gasteiger partial charge in [-0.15, -0.1) is 24.0 Å². The molecule has 2 N–H and O–H groups in total. The molecule has 0 aromatic heterocycles. The number of hydrogen-bond acceptors (Lipinski definition) is 4. The minimum absolute atomic E-state index is 0. The lowest BCUT2D eigenvalue weighted by molar-refractivity contribution is 0.175. The monoisotopic (exact) mass is 533 g/mol. The number of guanidine groups is 1. The first-order valence-corrected chi connectivity index (χ1v) is 10.9. The van der Waals surface area contributed by atoms with E-state index in [-0.39, 0.29) is 36.0 Å². The number of benzene rings is 1. The number of rotatable bonds is 10. The van der Waals surface area contributed by atoms with Gasteiger partial charge in [0.15, 0.2) is 5.96 Å². The van der Waals surface area contributed by atoms with E-state index in [4.69, 9.17) is 14.5 Å². The zero-order chi connectivity index (χ0) is 21.3. The van der Waals surface area contributed by atoms with Crippen LogP contribution < -0.4 is 14.8 Å². The van der Waals surface area contributed by atoms with Gasteiger partial charge in [-0.1, -0.05) is 13.8 Å². The van der Waals surface area contributed by atoms with E-state index in [9.17, 15) is 5.11 Å². The molecule has 1 saturated heterocycles. The van der Waals surface area contributed by atoms with Crippen molar-refractivity contribution in [2.45, 2.75) is 52.4 Å². The quantitative estimate of drug-likeness (QED) is 0.267. The van der Waals surface area contributed by atoms with Gasteiger partial charge in [0.2, 0.25) is 0 Å². The fourth-order valence-electron chi connectivity index (χ4n) is 4.10. The molecule has 0 bridgehead atoms. The molecule has 1 atom stereocenters. The van der Waals surface area contributed by atoms with Crippen molar-refractivity contribution in [1.29, 1.82) is 0 Å². The highest BCUT2D eigenvalue weighted by atomic mass is 127. The van der Waals surface area contributed by atoms with Crippen molar-refractivity contribution in [2.75, 3.05) is 47.0 Å². The lowest BCUT2D eigenvalue weighted by Crippen LogP contribution is -2.41. The Morgan fingerprint density at radius 3 is 2.30 bits per heavy atom. The Morgan fingerprint density at radius 1 is 1.17 bits per heavy atom. The van der Waals surface area contributed by atoms with Gasteiger partial charge in [-0.25, -0.2) is 0 Å². The smallest absolute Gasteiger partial charge is 0.193 e. The maximum Gasteiger partial charge on any atom is 0.193 e. The van der Waals surface area contributed by atoms with E-state index < -0.39 is 0 Å². The first-order valence-electron chi connectivity index (χ1n) is 10.9. The van der Waals surface area contributed by atoms with E-state index in [2.05, 4.69) is 43.1 Å². The van der Waals surface area contributed by atoms with Crippen LogP contribution in [0.3, 0.4) is 0 Å². The van der Waals surface area contributed by atoms with Gasteiger partial charge in [0.05, 0.1) is 14.2 Å². The average molecular weight is 533 g/mol. The minimum atomic E-state index is 0. The molecule has 0 amide bonds. The first-order chi connectivity index (χ1) is 14.0. The van der Waals surface area contributed by atoms with Crippen molar-refractivity contribution in [2.24, 2.45) is 10.4 Å². The molecule has 1 aliphatic heterocycles. The van der Waals surface area contributed by atoms with Crippen LogP contribution in [0.25, 0.3) is 0 Å². The van der Waals surface area contributed by atoms with E-state index in [0.29, 0.717) is 5.92 Å². The van der Waals surface area contributed by atoms with E-state index >= 15 is 0 Å². The van der Waals surface area contributed by atoms with Gasteiger partial charge in [-0.2, -0.15) is 0 Å². The second-order valence-corrected chi connectivity index (χ2v) is 7.93. The Morgan fingerprint density at radius 2 is 1.80 bits per heavy atom. The maximum atomic E-state index is 9.50. The third kappa shape index (κ3) is 6.90. The summed E-state index contributed by atoms with van der Waals surface area (Å²) in [6.45, 7) is 10.2. The van der Waals surface area contributed by atoms with Gasteiger partial charge in [0, 0.05) is 44.8 Å². The van der Waals surface area contributed by atoms with Crippen molar-refractivity contribution in [1.82, 2.24) is 10.2 Å². The molecule has 0 spiro atoms. The van der Waals surface area contributed by atoms with Gasteiger partial charge in [0.25, 0.3) is 0 Å². The van der Waals surface area contributed by atoms with Crippen LogP contribution in [0.15, 0.2) is 23.2 Å². The average Bonchev–Trinajstić information content (AvgIpc) is 3.25. The summed E-state index contributed by atoms with van der Waals surface area (Å²) in [7, 11) is 3.38. The summed E-state index contributed by atoms with van der Waals surface area (Å²) in [6, 6.07) is 6.14. The third-order valence-corrected chi connectivity index (χ3v) is 6.37. The first kappa shape index (κ1) is 26.8. The molecule has 1 aliphatic rings. The van der Waals surface area contributed by atoms with Gasteiger partial charge in [0.1, 0.15) is 11.5 Å². The lowest BCUT2D eigenvalue weighted by atomic mass is 9.79. The van der Waals surface area contributed by atoms with E-state index in [0.717, 1.165) is 69.3 Å². The van der Waals surface area contributed by atoms with Gasteiger partial charge >= 0.3 is 0 Å². The highest BCUT2D eigenvalue weighted by molar-refractivity contribution is 14.0. The second-order valence-electron chi connectivity index (χ2n) is 7.93. The van der Waals surface area contributed by atoms with Crippen LogP contribution >= 0.6 is 24.0 Å². The van der Waals surface area contributed by atoms with Gasteiger partial charge in [-0.05, 0) is 55.7 Å². The van der Waals surface area contributed by atoms with Crippen LogP contribution in [0.1, 0.15) is 57.9 Å². The topological polar surface area (TPSA) is 66.3 Å². The molecule has 7 heteroatoms. The highest BCUT2D eigenvalue weighted by Crippen LogP contribution is 2.34. The van der Waals surface area contributed by atoms with Crippen molar-refractivity contribution >= 4 is 29.9 Å². The normalized spacial score (nSPS) is 16.9. The fraction of sp³-hybridized carbons (Fsp3) is 0.696. The Hall–Kier alpha value is -1.22. The van der Waals surface area contributed by atoms with Crippen LogP contribution in [-0.2, 0) is 0 Å². The number of aliphatic imine (C=N–C) groups is 1. The molecule has 2 rings (SSSR count). The predicted octanol–water partition coefficient (Wildman–Crippen LogP) is 4.27. The Balaban J connectivity index is 0.00000450. The number of hydrogen-bond donors (Lipinski definition) is 2. The SMILES string of the molecule is CCNC(=NCC(CC)(CC)CCO)N1CCC(c2cc(OC)cc(OC)c2)C1.I. The zero-order valence-electron chi connectivity index (χ0n) is 19.2. The van der Waals surface area contributed by atoms with Crippen LogP contribution in [0, 0.1) is 5.41 Å². The lowest BCUT2D eigenvalue weighted by Gasteiger charge is -2.30. The summed E-state index contributed by atoms with van der Waals surface area (Å²) in [6.07, 6.45) is 3.93. The Kier molecular flexibility index (Phi) is 11.8. The summed E-state index contributed by atoms with van der Waals surface area (Å²) in [4.78, 5) is 7.35. The van der Waals surface area contributed by atoms with Gasteiger partial charge < -0.3 is 24.8 Å². The fourth-order valence-corrected chi connectivity index (χ4v) is 4.10. The van der Waals surface area contributed by atoms with Crippen molar-refractivity contribution < 1.29 is 14.6 Å². The molecule has 172 valence electrons. The number of halogens is 1. The molecule has 1 aromatic carbocycles. The maximum absolute atomic E-state index is 9.50. The zero-order valence-corrected chi connectivity index (χ0v) is 21.6. The van der Waals surface area contributed by atoms with E-state index in [1.807, 2.05) is 6.07 Å². The molecule has 0 aliphatic carbocycles. The summed E-state index contributed by atoms with van der Waals surface area (Å²) in [5, 5.41) is 13.0. The summed E-state index contributed by atoms with van der Waals surface area (Å²) in [5.74, 6) is 3.06. The Bertz CT molecular complexity index is 643. The van der Waals surface area contributed by atoms with E-state index in [1.54, 1.807) is 14.2 Å². The molecule has 6 nitrogen and oxygen atoms in total. The molecule has 1 heterocycles. The van der Waals surface area contributed by atoms with Crippen molar-refractivity contribution in [3.63, 3.8) is 0 Å². The predicted molar refractivity (Wildman–Crippen MR) is 135 cm³/mol. The van der Waals surface area contributed by atoms with Crippen LogP contribution in [-0.4, -0.2) is 63.0 Å². The molecule has 0 saturated carbocycles. The molecular formula is C23H40IN3O3. The summed E-state index contributed by atoms with van der Waals surface area (Å²) in [5.41, 5.74) is 1.32. The van der Waals surface area contributed by atoms with Crippen LogP contribution in [0.4, 0.5) is 0 Å². The van der Waals surface area contributed by atoms with E-state index in [1.165, 1.54) is 5.56 Å². The Labute approximate surface area is 199 Å². The number of nitrogens with zero attached hydrogens (tertiary/aromatic N) is 2. The second kappa shape index (κ2) is 13.2.